The van der Waals surface area contributed by atoms with Crippen LogP contribution in [0.15, 0.2) is 24.4 Å². The van der Waals surface area contributed by atoms with Crippen LogP contribution in [0.1, 0.15) is 5.56 Å². The van der Waals surface area contributed by atoms with Gasteiger partial charge < -0.3 is 10.6 Å². The molecule has 1 aliphatic heterocycles. The fourth-order valence-electron chi connectivity index (χ4n) is 1.04. The Morgan fingerprint density at radius 3 is 3.09 bits per heavy atom. The molecule has 0 atom stereocenters. The summed E-state index contributed by atoms with van der Waals surface area (Å²) in [4.78, 5) is 5.09. The smallest absolute Gasteiger partial charge is 0.185 e. The van der Waals surface area contributed by atoms with Crippen molar-refractivity contribution >= 4 is 11.8 Å². The quantitative estimate of drug-likeness (QED) is 0.542. The number of benzene rings is 1. The van der Waals surface area contributed by atoms with Gasteiger partial charge in [0.1, 0.15) is 0 Å². The molecule has 3 heteroatoms. The number of anilines is 1. The number of para-hydroxylation sites is 1. The fourth-order valence-corrected chi connectivity index (χ4v) is 1.04. The Labute approximate surface area is 64.4 Å². The lowest BCUT2D eigenvalue weighted by Gasteiger charge is -2.13. The van der Waals surface area contributed by atoms with Gasteiger partial charge in [-0.2, -0.15) is 0 Å². The van der Waals surface area contributed by atoms with E-state index in [2.05, 4.69) is 5.48 Å². The molecule has 0 bridgehead atoms. The molecule has 0 amide bonds. The predicted octanol–water partition coefficient (Wildman–Crippen LogP) is 1.14. The molecule has 2 rings (SSSR count). The minimum absolute atomic E-state index is 0.652. The Bertz CT molecular complexity index is 307. The number of nitrogen functional groups attached to an aromatic ring is 1. The minimum Gasteiger partial charge on any atom is -0.396 e. The first-order chi connectivity index (χ1) is 5.38. The number of hydrogen-bond acceptors (Lipinski definition) is 3. The summed E-state index contributed by atoms with van der Waals surface area (Å²) in [6.07, 6.45) is 3.64. The highest BCUT2D eigenvalue weighted by Crippen LogP contribution is 2.28. The predicted molar refractivity (Wildman–Crippen MR) is 43.7 cm³/mol. The van der Waals surface area contributed by atoms with Crippen molar-refractivity contribution < 1.29 is 4.84 Å². The van der Waals surface area contributed by atoms with Gasteiger partial charge in [-0.1, -0.05) is 12.1 Å². The van der Waals surface area contributed by atoms with Gasteiger partial charge in [-0.25, -0.2) is 5.48 Å². The maximum atomic E-state index is 5.64. The molecular weight excluding hydrogens is 140 g/mol. The normalized spacial score (nSPS) is 13.1. The van der Waals surface area contributed by atoms with Crippen LogP contribution in [0.5, 0.6) is 5.75 Å². The maximum absolute atomic E-state index is 5.64. The van der Waals surface area contributed by atoms with Crippen molar-refractivity contribution in [2.24, 2.45) is 0 Å². The lowest BCUT2D eigenvalue weighted by molar-refractivity contribution is 0.241. The maximum Gasteiger partial charge on any atom is 0.185 e. The molecule has 0 aromatic heterocycles. The minimum atomic E-state index is 0.652. The molecular formula is C8H8N2O. The van der Waals surface area contributed by atoms with E-state index in [-0.39, 0.29) is 0 Å². The number of fused-ring (bicyclic) bond motifs is 1. The first kappa shape index (κ1) is 6.09. The van der Waals surface area contributed by atoms with Gasteiger partial charge in [0.05, 0.1) is 5.69 Å². The first-order valence-corrected chi connectivity index (χ1v) is 3.35. The highest BCUT2D eigenvalue weighted by atomic mass is 16.6. The Kier molecular flexibility index (Phi) is 1.22. The molecule has 0 unspecified atom stereocenters. The van der Waals surface area contributed by atoms with Gasteiger partial charge in [0.25, 0.3) is 0 Å². The Morgan fingerprint density at radius 1 is 1.36 bits per heavy atom. The Balaban J connectivity index is 2.60. The van der Waals surface area contributed by atoms with Gasteiger partial charge in [-0.15, -0.1) is 0 Å². The zero-order valence-corrected chi connectivity index (χ0v) is 5.87. The summed E-state index contributed by atoms with van der Waals surface area (Å²) in [5, 5.41) is 0. The molecule has 11 heavy (non-hydrogen) atoms. The second-order valence-electron chi connectivity index (χ2n) is 2.32. The summed E-state index contributed by atoms with van der Waals surface area (Å²) in [6, 6.07) is 5.65. The van der Waals surface area contributed by atoms with Crippen LogP contribution in [0.3, 0.4) is 0 Å². The van der Waals surface area contributed by atoms with Crippen LogP contribution in [-0.2, 0) is 0 Å². The average molecular weight is 148 g/mol. The molecule has 0 spiro atoms. The van der Waals surface area contributed by atoms with Crippen molar-refractivity contribution in [3.63, 3.8) is 0 Å². The molecule has 3 nitrogen and oxygen atoms in total. The van der Waals surface area contributed by atoms with Crippen LogP contribution < -0.4 is 16.1 Å². The average Bonchev–Trinajstić information content (AvgIpc) is 2.06. The fraction of sp³-hybridized carbons (Fsp3) is 0. The lowest BCUT2D eigenvalue weighted by atomic mass is 10.1. The molecule has 56 valence electrons. The molecule has 0 saturated carbocycles. The molecule has 0 fully saturated rings. The molecule has 0 radical (unpaired) electrons. The molecule has 0 aliphatic carbocycles. The van der Waals surface area contributed by atoms with E-state index in [9.17, 15) is 0 Å². The van der Waals surface area contributed by atoms with Crippen LogP contribution in [0.25, 0.3) is 6.08 Å². The van der Waals surface area contributed by atoms with Gasteiger partial charge >= 0.3 is 0 Å². The molecule has 1 aromatic rings. The van der Waals surface area contributed by atoms with Crippen molar-refractivity contribution in [3.05, 3.63) is 30.0 Å². The van der Waals surface area contributed by atoms with Gasteiger partial charge in [-0.3, -0.25) is 0 Å². The summed E-state index contributed by atoms with van der Waals surface area (Å²) >= 11 is 0. The molecule has 1 aromatic carbocycles. The number of nitrogens with two attached hydrogens (primary N) is 1. The van der Waals surface area contributed by atoms with E-state index in [4.69, 9.17) is 10.6 Å². The highest BCUT2D eigenvalue weighted by molar-refractivity contribution is 5.68. The van der Waals surface area contributed by atoms with Gasteiger partial charge in [0.2, 0.25) is 0 Å². The van der Waals surface area contributed by atoms with Gasteiger partial charge in [0, 0.05) is 11.8 Å². The van der Waals surface area contributed by atoms with Crippen molar-refractivity contribution in [2.75, 3.05) is 5.73 Å². The monoisotopic (exact) mass is 148 g/mol. The van der Waals surface area contributed by atoms with E-state index in [1.165, 1.54) is 0 Å². The van der Waals surface area contributed by atoms with Gasteiger partial charge in [0.15, 0.2) is 5.75 Å². The zero-order chi connectivity index (χ0) is 7.68. The third-order valence-corrected chi connectivity index (χ3v) is 1.57. The third kappa shape index (κ3) is 0.902. The Hall–Kier alpha value is -1.64. The van der Waals surface area contributed by atoms with Crippen molar-refractivity contribution in [2.45, 2.75) is 0 Å². The van der Waals surface area contributed by atoms with E-state index in [1.54, 1.807) is 12.3 Å². The molecule has 3 N–H and O–H groups in total. The highest BCUT2D eigenvalue weighted by Gasteiger charge is 2.07. The summed E-state index contributed by atoms with van der Waals surface area (Å²) < 4.78 is 0. The van der Waals surface area contributed by atoms with E-state index in [1.807, 2.05) is 18.2 Å². The van der Waals surface area contributed by atoms with Crippen molar-refractivity contribution in [1.29, 1.82) is 0 Å². The lowest BCUT2D eigenvalue weighted by Crippen LogP contribution is -2.15. The van der Waals surface area contributed by atoms with Gasteiger partial charge in [-0.05, 0) is 12.1 Å². The van der Waals surface area contributed by atoms with E-state index in [0.29, 0.717) is 11.4 Å². The summed E-state index contributed by atoms with van der Waals surface area (Å²) in [5.41, 5.74) is 9.92. The molecule has 1 aliphatic rings. The van der Waals surface area contributed by atoms with Crippen LogP contribution in [-0.4, -0.2) is 0 Å². The van der Waals surface area contributed by atoms with Crippen LogP contribution >= 0.6 is 0 Å². The van der Waals surface area contributed by atoms with Crippen LogP contribution in [0, 0.1) is 0 Å². The number of rotatable bonds is 0. The first-order valence-electron chi connectivity index (χ1n) is 3.35. The van der Waals surface area contributed by atoms with Crippen molar-refractivity contribution in [3.8, 4) is 5.75 Å². The van der Waals surface area contributed by atoms with E-state index >= 15 is 0 Å². The second-order valence-corrected chi connectivity index (χ2v) is 2.32. The largest absolute Gasteiger partial charge is 0.396 e. The summed E-state index contributed by atoms with van der Waals surface area (Å²) in [6.45, 7) is 0. The number of hydrogen-bond donors (Lipinski definition) is 2. The number of nitrogens with one attached hydrogen (secondary N) is 1. The third-order valence-electron chi connectivity index (χ3n) is 1.57. The van der Waals surface area contributed by atoms with Crippen LogP contribution in [0.2, 0.25) is 0 Å². The molecule has 0 saturated heterocycles. The van der Waals surface area contributed by atoms with Crippen molar-refractivity contribution in [1.82, 2.24) is 5.48 Å². The summed E-state index contributed by atoms with van der Waals surface area (Å²) in [5.74, 6) is 0.704. The van der Waals surface area contributed by atoms with Crippen LogP contribution in [0.4, 0.5) is 5.69 Å². The Morgan fingerprint density at radius 2 is 2.27 bits per heavy atom. The SMILES string of the molecule is Nc1cccc2c1ONC=C2. The van der Waals surface area contributed by atoms with E-state index < -0.39 is 0 Å². The standard InChI is InChI=1S/C8H8N2O/c9-7-3-1-2-6-4-5-10-11-8(6)7/h1-5,10H,9H2. The van der Waals surface area contributed by atoms with E-state index in [0.717, 1.165) is 5.56 Å². The topological polar surface area (TPSA) is 47.3 Å². The molecule has 1 heterocycles. The number of hydroxylamine groups is 1. The zero-order valence-electron chi connectivity index (χ0n) is 5.87. The second kappa shape index (κ2) is 2.20. The summed E-state index contributed by atoms with van der Waals surface area (Å²) in [7, 11) is 0.